The highest BCUT2D eigenvalue weighted by Crippen LogP contribution is 2.19. The Labute approximate surface area is 154 Å². The molecule has 0 unspecified atom stereocenters. The number of nitrogens with one attached hydrogen (secondary N) is 1. The van der Waals surface area contributed by atoms with Crippen LogP contribution in [0.1, 0.15) is 21.6 Å². The summed E-state index contributed by atoms with van der Waals surface area (Å²) >= 11 is 5.96. The van der Waals surface area contributed by atoms with E-state index in [0.29, 0.717) is 11.3 Å². The van der Waals surface area contributed by atoms with E-state index in [0.717, 1.165) is 0 Å². The van der Waals surface area contributed by atoms with Crippen LogP contribution in [0.25, 0.3) is 0 Å². The fraction of sp³-hybridized carbons (Fsp3) is 0.176. The number of anilines is 1. The molecular formula is C17H15ClFN5O2. The van der Waals surface area contributed by atoms with Gasteiger partial charge in [0.2, 0.25) is 0 Å². The second-order valence-corrected chi connectivity index (χ2v) is 5.49. The van der Waals surface area contributed by atoms with Crippen molar-refractivity contribution in [1.29, 1.82) is 5.26 Å². The maximum absolute atomic E-state index is 13.9. The molecule has 1 aromatic heterocycles. The number of carbonyl (C=O) groups excluding carboxylic acids is 1. The largest absolute Gasteiger partial charge is 0.465 e. The van der Waals surface area contributed by atoms with E-state index in [9.17, 15) is 9.18 Å². The number of rotatable bonds is 5. The first kappa shape index (κ1) is 19.1. The Morgan fingerprint density at radius 2 is 2.27 bits per heavy atom. The third-order valence-electron chi connectivity index (χ3n) is 3.33. The molecule has 0 aliphatic heterocycles. The topological polar surface area (TPSA) is 113 Å². The van der Waals surface area contributed by atoms with E-state index in [1.165, 1.54) is 37.5 Å². The third-order valence-corrected chi connectivity index (χ3v) is 3.62. The summed E-state index contributed by atoms with van der Waals surface area (Å²) in [6, 6.07) is 7.36. The number of pyridine rings is 1. The van der Waals surface area contributed by atoms with Gasteiger partial charge in [-0.2, -0.15) is 5.26 Å². The number of nitriles is 1. The summed E-state index contributed by atoms with van der Waals surface area (Å²) in [5.74, 6) is -1.01. The number of aliphatic imine (C=N–C) groups is 1. The zero-order valence-electron chi connectivity index (χ0n) is 13.8. The smallest absolute Gasteiger partial charge is 0.281 e. The molecule has 26 heavy (non-hydrogen) atoms. The Balaban J connectivity index is 2.11. The molecule has 0 saturated heterocycles. The van der Waals surface area contributed by atoms with Crippen molar-refractivity contribution in [1.82, 2.24) is 4.98 Å². The van der Waals surface area contributed by atoms with Crippen molar-refractivity contribution < 1.29 is 13.9 Å². The Bertz CT molecular complexity index is 895. The molecule has 0 saturated carbocycles. The van der Waals surface area contributed by atoms with Crippen molar-refractivity contribution in [3.8, 4) is 6.07 Å². The van der Waals surface area contributed by atoms with E-state index in [-0.39, 0.29) is 35.3 Å². The van der Waals surface area contributed by atoms with Crippen LogP contribution < -0.4 is 11.1 Å². The molecule has 7 nitrogen and oxygen atoms in total. The minimum Gasteiger partial charge on any atom is -0.465 e. The van der Waals surface area contributed by atoms with Gasteiger partial charge in [-0.15, -0.1) is 0 Å². The second kappa shape index (κ2) is 8.78. The number of carbonyl (C=O) groups is 1. The summed E-state index contributed by atoms with van der Waals surface area (Å²) in [6.45, 7) is 0.139. The van der Waals surface area contributed by atoms with Gasteiger partial charge in [-0.25, -0.2) is 14.4 Å². The number of amides is 1. The number of ether oxygens (including phenoxy) is 1. The van der Waals surface area contributed by atoms with E-state index >= 15 is 0 Å². The van der Waals surface area contributed by atoms with Crippen molar-refractivity contribution in [2.75, 3.05) is 19.0 Å². The number of hydrogen-bond donors (Lipinski definition) is 2. The molecule has 0 aliphatic carbocycles. The highest BCUT2D eigenvalue weighted by molar-refractivity contribution is 6.34. The van der Waals surface area contributed by atoms with Crippen LogP contribution in [-0.4, -0.2) is 30.6 Å². The third kappa shape index (κ3) is 4.91. The van der Waals surface area contributed by atoms with E-state index in [1.54, 1.807) is 0 Å². The number of benzene rings is 1. The van der Waals surface area contributed by atoms with Crippen molar-refractivity contribution in [2.24, 2.45) is 10.7 Å². The molecule has 134 valence electrons. The minimum atomic E-state index is -0.573. The van der Waals surface area contributed by atoms with E-state index in [2.05, 4.69) is 15.3 Å². The lowest BCUT2D eigenvalue weighted by atomic mass is 10.1. The fourth-order valence-electron chi connectivity index (χ4n) is 2.03. The van der Waals surface area contributed by atoms with Crippen molar-refractivity contribution in [3.05, 3.63) is 58.1 Å². The molecule has 0 atom stereocenters. The lowest BCUT2D eigenvalue weighted by molar-refractivity contribution is 0.102. The van der Waals surface area contributed by atoms with Gasteiger partial charge in [0.25, 0.3) is 11.9 Å². The van der Waals surface area contributed by atoms with E-state index in [4.69, 9.17) is 27.3 Å². The van der Waals surface area contributed by atoms with Gasteiger partial charge in [0.05, 0.1) is 17.2 Å². The lowest BCUT2D eigenvalue weighted by Crippen LogP contribution is -2.18. The van der Waals surface area contributed by atoms with Gasteiger partial charge in [0.1, 0.15) is 17.6 Å². The monoisotopic (exact) mass is 375 g/mol. The SMILES string of the molecule is C/N=C(/N)OCCc1cc(NC(=O)c2ncc(C#N)cc2Cl)ccc1F. The van der Waals surface area contributed by atoms with Crippen LogP contribution in [-0.2, 0) is 11.2 Å². The summed E-state index contributed by atoms with van der Waals surface area (Å²) in [5.41, 5.74) is 6.32. The molecule has 0 bridgehead atoms. The van der Waals surface area contributed by atoms with Crippen LogP contribution in [0.3, 0.4) is 0 Å². The predicted octanol–water partition coefficient (Wildman–Crippen LogP) is 2.50. The zero-order valence-corrected chi connectivity index (χ0v) is 14.5. The summed E-state index contributed by atoms with van der Waals surface area (Å²) in [4.78, 5) is 19.8. The Morgan fingerprint density at radius 3 is 2.92 bits per heavy atom. The van der Waals surface area contributed by atoms with E-state index < -0.39 is 11.7 Å². The molecule has 9 heteroatoms. The maximum Gasteiger partial charge on any atom is 0.281 e. The van der Waals surface area contributed by atoms with Crippen LogP contribution in [0.2, 0.25) is 5.02 Å². The van der Waals surface area contributed by atoms with Gasteiger partial charge in [0.15, 0.2) is 0 Å². The van der Waals surface area contributed by atoms with Gasteiger partial charge in [-0.05, 0) is 29.8 Å². The maximum atomic E-state index is 13.9. The number of amidine groups is 1. The van der Waals surface area contributed by atoms with Gasteiger partial charge < -0.3 is 15.8 Å². The lowest BCUT2D eigenvalue weighted by Gasteiger charge is -2.10. The molecule has 2 rings (SSSR count). The number of nitrogens with zero attached hydrogens (tertiary/aromatic N) is 3. The quantitative estimate of drug-likeness (QED) is 0.615. The van der Waals surface area contributed by atoms with Crippen LogP contribution in [0.5, 0.6) is 0 Å². The number of nitrogens with two attached hydrogens (primary N) is 1. The molecular weight excluding hydrogens is 361 g/mol. The summed E-state index contributed by atoms with van der Waals surface area (Å²) in [6.07, 6.45) is 1.48. The summed E-state index contributed by atoms with van der Waals surface area (Å²) < 4.78 is 19.0. The standard InChI is InChI=1S/C17H15ClFN5O2/c1-22-17(21)26-5-4-11-7-12(2-3-14(11)19)24-16(25)15-13(18)6-10(8-20)9-23-15/h2-3,6-7,9H,4-5H2,1H3,(H2,21,22)(H,24,25). The minimum absolute atomic E-state index is 0.0106. The molecule has 2 aromatic rings. The van der Waals surface area contributed by atoms with E-state index in [1.807, 2.05) is 6.07 Å². The highest BCUT2D eigenvalue weighted by Gasteiger charge is 2.14. The zero-order chi connectivity index (χ0) is 19.1. The second-order valence-electron chi connectivity index (χ2n) is 5.09. The summed E-state index contributed by atoms with van der Waals surface area (Å²) in [5, 5.41) is 11.4. The normalized spacial score (nSPS) is 10.9. The number of aromatic nitrogens is 1. The van der Waals surface area contributed by atoms with Crippen LogP contribution >= 0.6 is 11.6 Å². The van der Waals surface area contributed by atoms with Crippen LogP contribution in [0.15, 0.2) is 35.5 Å². The molecule has 0 fully saturated rings. The summed E-state index contributed by atoms with van der Waals surface area (Å²) in [7, 11) is 1.48. The molecule has 0 aliphatic rings. The number of hydrogen-bond acceptors (Lipinski definition) is 5. The van der Waals surface area contributed by atoms with Gasteiger partial charge >= 0.3 is 0 Å². The first-order chi connectivity index (χ1) is 12.4. The molecule has 0 spiro atoms. The highest BCUT2D eigenvalue weighted by atomic mass is 35.5. The Morgan fingerprint density at radius 1 is 1.50 bits per heavy atom. The fourth-order valence-corrected chi connectivity index (χ4v) is 2.28. The molecule has 1 aromatic carbocycles. The first-order valence-corrected chi connectivity index (χ1v) is 7.83. The van der Waals surface area contributed by atoms with Gasteiger partial charge in [-0.1, -0.05) is 11.6 Å². The predicted molar refractivity (Wildman–Crippen MR) is 95.5 cm³/mol. The average molecular weight is 376 g/mol. The first-order valence-electron chi connectivity index (χ1n) is 7.45. The Kier molecular flexibility index (Phi) is 6.47. The average Bonchev–Trinajstić information content (AvgIpc) is 2.63. The van der Waals surface area contributed by atoms with Crippen molar-refractivity contribution in [2.45, 2.75) is 6.42 Å². The van der Waals surface area contributed by atoms with Crippen LogP contribution in [0, 0.1) is 17.1 Å². The van der Waals surface area contributed by atoms with Crippen molar-refractivity contribution >= 4 is 29.2 Å². The molecule has 1 amide bonds. The molecule has 0 radical (unpaired) electrons. The number of halogens is 2. The van der Waals surface area contributed by atoms with Crippen molar-refractivity contribution in [3.63, 3.8) is 0 Å². The molecule has 3 N–H and O–H groups in total. The van der Waals surface area contributed by atoms with Crippen LogP contribution in [0.4, 0.5) is 10.1 Å². The molecule has 1 heterocycles. The Hall–Kier alpha value is -3.18. The van der Waals surface area contributed by atoms with Gasteiger partial charge in [-0.3, -0.25) is 4.79 Å². The van der Waals surface area contributed by atoms with Gasteiger partial charge in [0, 0.05) is 25.4 Å².